The molecule has 0 saturated carbocycles. The summed E-state index contributed by atoms with van der Waals surface area (Å²) in [6.07, 6.45) is 2.65. The zero-order valence-corrected chi connectivity index (χ0v) is 10.4. The molecule has 0 heterocycles. The van der Waals surface area contributed by atoms with Gasteiger partial charge in [0.05, 0.1) is 0 Å². The van der Waals surface area contributed by atoms with Crippen molar-refractivity contribution in [3.63, 3.8) is 0 Å². The van der Waals surface area contributed by atoms with E-state index >= 15 is 0 Å². The molecule has 1 rings (SSSR count). The SMILES string of the molecule is CC[PH]([Ru])(CC)c1ccccc1. The summed E-state index contributed by atoms with van der Waals surface area (Å²) in [5.41, 5.74) is -1.14. The minimum absolute atomic E-state index is 1.14. The molecule has 0 aliphatic heterocycles. The van der Waals surface area contributed by atoms with Crippen molar-refractivity contribution in [2.75, 3.05) is 12.3 Å². The third-order valence-corrected chi connectivity index (χ3v) is 11.1. The Hall–Kier alpha value is 0.273. The zero-order chi connectivity index (χ0) is 9.03. The van der Waals surface area contributed by atoms with Gasteiger partial charge in [-0.25, -0.2) is 0 Å². The summed E-state index contributed by atoms with van der Waals surface area (Å²) in [5.74, 6) is 0. The van der Waals surface area contributed by atoms with Crippen LogP contribution in [0.5, 0.6) is 0 Å². The van der Waals surface area contributed by atoms with Gasteiger partial charge in [0.2, 0.25) is 0 Å². The number of benzene rings is 1. The first-order valence-electron chi connectivity index (χ1n) is 4.46. The second-order valence-electron chi connectivity index (χ2n) is 3.02. The Kier molecular flexibility index (Phi) is 3.88. The van der Waals surface area contributed by atoms with E-state index in [-0.39, 0.29) is 0 Å². The maximum absolute atomic E-state index is 3.02. The van der Waals surface area contributed by atoms with E-state index in [1.54, 1.807) is 5.30 Å². The van der Waals surface area contributed by atoms with E-state index in [0.29, 0.717) is 0 Å². The van der Waals surface area contributed by atoms with Crippen LogP contribution in [-0.4, -0.2) is 12.3 Å². The van der Waals surface area contributed by atoms with Gasteiger partial charge in [-0.2, -0.15) is 0 Å². The molecular formula is C10H16PRu. The fourth-order valence-corrected chi connectivity index (χ4v) is 4.36. The summed E-state index contributed by atoms with van der Waals surface area (Å²) < 4.78 is 0. The summed E-state index contributed by atoms with van der Waals surface area (Å²) in [6, 6.07) is 10.9. The second-order valence-corrected chi connectivity index (χ2v) is 11.9. The first-order valence-corrected chi connectivity index (χ1v) is 9.33. The van der Waals surface area contributed by atoms with Crippen LogP contribution in [-0.2, 0) is 17.8 Å². The van der Waals surface area contributed by atoms with Crippen LogP contribution in [0.1, 0.15) is 13.8 Å². The molecule has 0 aliphatic rings. The van der Waals surface area contributed by atoms with Gasteiger partial charge >= 0.3 is 85.2 Å². The van der Waals surface area contributed by atoms with E-state index in [1.807, 2.05) is 0 Å². The van der Waals surface area contributed by atoms with Crippen molar-refractivity contribution in [1.29, 1.82) is 0 Å². The van der Waals surface area contributed by atoms with Crippen LogP contribution in [0.15, 0.2) is 30.3 Å². The Morgan fingerprint density at radius 1 is 1.08 bits per heavy atom. The normalized spacial score (nSPS) is 12.9. The average molecular weight is 268 g/mol. The van der Waals surface area contributed by atoms with Gasteiger partial charge in [-0.15, -0.1) is 0 Å². The molecule has 0 aromatic heterocycles. The Balaban J connectivity index is 2.95. The van der Waals surface area contributed by atoms with Crippen LogP contribution < -0.4 is 5.30 Å². The molecule has 0 nitrogen and oxygen atoms in total. The van der Waals surface area contributed by atoms with Crippen molar-refractivity contribution < 1.29 is 17.8 Å². The number of hydrogen-bond donors (Lipinski definition) is 0. The number of rotatable bonds is 3. The summed E-state index contributed by atoms with van der Waals surface area (Å²) in [6.45, 7) is 4.61. The van der Waals surface area contributed by atoms with Crippen LogP contribution in [0.4, 0.5) is 0 Å². The summed E-state index contributed by atoms with van der Waals surface area (Å²) in [7, 11) is 0. The van der Waals surface area contributed by atoms with E-state index in [1.165, 1.54) is 12.3 Å². The van der Waals surface area contributed by atoms with Gasteiger partial charge in [-0.1, -0.05) is 0 Å². The fraction of sp³-hybridized carbons (Fsp3) is 0.400. The molecule has 0 saturated heterocycles. The summed E-state index contributed by atoms with van der Waals surface area (Å²) in [5, 5.41) is 1.58. The quantitative estimate of drug-likeness (QED) is 0.584. The molecular weight excluding hydrogens is 252 g/mol. The molecule has 69 valence electrons. The van der Waals surface area contributed by atoms with Gasteiger partial charge in [0.1, 0.15) is 0 Å². The zero-order valence-electron chi connectivity index (χ0n) is 7.65. The molecule has 0 aliphatic carbocycles. The van der Waals surface area contributed by atoms with E-state index in [0.717, 1.165) is 0 Å². The number of hydrogen-bond acceptors (Lipinski definition) is 0. The fourth-order valence-electron chi connectivity index (χ4n) is 1.39. The van der Waals surface area contributed by atoms with Crippen molar-refractivity contribution in [2.24, 2.45) is 0 Å². The van der Waals surface area contributed by atoms with E-state index in [4.69, 9.17) is 0 Å². The maximum atomic E-state index is 3.02. The first-order chi connectivity index (χ1) is 5.73. The molecule has 0 amide bonds. The Morgan fingerprint density at radius 3 is 2.00 bits per heavy atom. The van der Waals surface area contributed by atoms with E-state index < -0.39 is 5.59 Å². The second kappa shape index (κ2) is 4.49. The molecule has 0 N–H and O–H groups in total. The molecule has 0 fully saturated rings. The van der Waals surface area contributed by atoms with Gasteiger partial charge in [-0.05, 0) is 0 Å². The predicted molar refractivity (Wildman–Crippen MR) is 55.5 cm³/mol. The third-order valence-electron chi connectivity index (χ3n) is 2.39. The van der Waals surface area contributed by atoms with Crippen molar-refractivity contribution in [1.82, 2.24) is 0 Å². The Labute approximate surface area is 85.3 Å². The molecule has 12 heavy (non-hydrogen) atoms. The summed E-state index contributed by atoms with van der Waals surface area (Å²) in [4.78, 5) is 0. The van der Waals surface area contributed by atoms with E-state index in [2.05, 4.69) is 62.0 Å². The van der Waals surface area contributed by atoms with Crippen LogP contribution >= 0.6 is 5.59 Å². The topological polar surface area (TPSA) is 0 Å². The minimum atomic E-state index is -1.14. The van der Waals surface area contributed by atoms with Crippen LogP contribution in [0.2, 0.25) is 0 Å². The molecule has 2 heteroatoms. The van der Waals surface area contributed by atoms with Gasteiger partial charge < -0.3 is 0 Å². The van der Waals surface area contributed by atoms with E-state index in [9.17, 15) is 0 Å². The molecule has 1 aromatic rings. The van der Waals surface area contributed by atoms with Crippen LogP contribution in [0, 0.1) is 0 Å². The van der Waals surface area contributed by atoms with Crippen molar-refractivity contribution in [3.8, 4) is 0 Å². The molecule has 0 atom stereocenters. The standard InChI is InChI=1S/C10H15P.Ru/c1-3-11(4-2)10-8-6-5-7-9-10;/h5-9H,3-4H2,1-2H3;/q;-1/p+1. The Morgan fingerprint density at radius 2 is 1.58 bits per heavy atom. The molecule has 0 spiro atoms. The van der Waals surface area contributed by atoms with Crippen molar-refractivity contribution >= 4 is 10.9 Å². The van der Waals surface area contributed by atoms with Crippen molar-refractivity contribution in [3.05, 3.63) is 30.3 Å². The van der Waals surface area contributed by atoms with Gasteiger partial charge in [0.15, 0.2) is 0 Å². The summed E-state index contributed by atoms with van der Waals surface area (Å²) >= 11 is 3.02. The molecule has 0 radical (unpaired) electrons. The predicted octanol–water partition coefficient (Wildman–Crippen LogP) is 2.56. The molecule has 0 bridgehead atoms. The van der Waals surface area contributed by atoms with Crippen LogP contribution in [0.3, 0.4) is 0 Å². The molecule has 0 unspecified atom stereocenters. The third kappa shape index (κ3) is 2.15. The van der Waals surface area contributed by atoms with Gasteiger partial charge in [-0.3, -0.25) is 0 Å². The van der Waals surface area contributed by atoms with Gasteiger partial charge in [0.25, 0.3) is 0 Å². The first kappa shape index (κ1) is 10.4. The Bertz CT molecular complexity index is 229. The molecule has 1 aromatic carbocycles. The van der Waals surface area contributed by atoms with Crippen molar-refractivity contribution in [2.45, 2.75) is 13.8 Å². The average Bonchev–Trinajstić information content (AvgIpc) is 2.18. The van der Waals surface area contributed by atoms with Crippen LogP contribution in [0.25, 0.3) is 0 Å². The van der Waals surface area contributed by atoms with Gasteiger partial charge in [0, 0.05) is 0 Å². The monoisotopic (exact) mass is 269 g/mol.